The summed E-state index contributed by atoms with van der Waals surface area (Å²) in [6.45, 7) is 1.39. The van der Waals surface area contributed by atoms with Gasteiger partial charge in [-0.2, -0.15) is 0 Å². The molecular formula is C13H14N4O3S. The number of hydrogen-bond donors (Lipinski definition) is 3. The number of nitrogen functional groups attached to an aromatic ring is 1. The summed E-state index contributed by atoms with van der Waals surface area (Å²) in [5, 5.41) is 2.59. The van der Waals surface area contributed by atoms with Gasteiger partial charge < -0.3 is 11.1 Å². The molecule has 0 aliphatic carbocycles. The second kappa shape index (κ2) is 5.80. The SMILES string of the molecule is CC(=O)Nc1ccc(NS(=O)(=O)c2cccnc2N)cc1. The first kappa shape index (κ1) is 14.8. The molecule has 0 saturated carbocycles. The molecule has 110 valence electrons. The molecule has 7 nitrogen and oxygen atoms in total. The number of rotatable bonds is 4. The Morgan fingerprint density at radius 1 is 1.14 bits per heavy atom. The van der Waals surface area contributed by atoms with Gasteiger partial charge >= 0.3 is 0 Å². The summed E-state index contributed by atoms with van der Waals surface area (Å²) in [6, 6.07) is 9.11. The normalized spacial score (nSPS) is 10.9. The highest BCUT2D eigenvalue weighted by Gasteiger charge is 2.17. The van der Waals surface area contributed by atoms with E-state index in [0.717, 1.165) is 0 Å². The number of nitrogens with zero attached hydrogens (tertiary/aromatic N) is 1. The minimum atomic E-state index is -3.80. The summed E-state index contributed by atoms with van der Waals surface area (Å²) in [5.41, 5.74) is 6.49. The molecule has 1 aromatic carbocycles. The van der Waals surface area contributed by atoms with E-state index in [4.69, 9.17) is 5.73 Å². The third kappa shape index (κ3) is 3.69. The fourth-order valence-corrected chi connectivity index (χ4v) is 2.81. The Balaban J connectivity index is 2.21. The van der Waals surface area contributed by atoms with E-state index in [1.54, 1.807) is 12.1 Å². The minimum absolute atomic E-state index is 0.0696. The van der Waals surface area contributed by atoms with Crippen molar-refractivity contribution in [3.05, 3.63) is 42.6 Å². The van der Waals surface area contributed by atoms with Crippen molar-refractivity contribution in [2.75, 3.05) is 15.8 Å². The number of carbonyl (C=O) groups excluding carboxylic acids is 1. The molecule has 0 unspecified atom stereocenters. The molecule has 0 aliphatic heterocycles. The molecule has 0 atom stereocenters. The molecule has 0 spiro atoms. The van der Waals surface area contributed by atoms with Gasteiger partial charge in [0.25, 0.3) is 10.0 Å². The van der Waals surface area contributed by atoms with Gasteiger partial charge in [-0.15, -0.1) is 0 Å². The second-order valence-electron chi connectivity index (χ2n) is 4.25. The van der Waals surface area contributed by atoms with Crippen LogP contribution in [-0.4, -0.2) is 19.3 Å². The molecule has 21 heavy (non-hydrogen) atoms. The predicted octanol–water partition coefficient (Wildman–Crippen LogP) is 1.42. The Hall–Kier alpha value is -2.61. The number of anilines is 3. The van der Waals surface area contributed by atoms with Gasteiger partial charge in [0.1, 0.15) is 10.7 Å². The highest BCUT2D eigenvalue weighted by molar-refractivity contribution is 7.92. The lowest BCUT2D eigenvalue weighted by atomic mass is 10.3. The van der Waals surface area contributed by atoms with Crippen molar-refractivity contribution in [3.8, 4) is 0 Å². The molecule has 1 aromatic heterocycles. The summed E-state index contributed by atoms with van der Waals surface area (Å²) in [7, 11) is -3.80. The maximum Gasteiger partial charge on any atom is 0.265 e. The molecule has 0 saturated heterocycles. The zero-order chi connectivity index (χ0) is 15.5. The molecule has 1 amide bonds. The van der Waals surface area contributed by atoms with Crippen molar-refractivity contribution in [2.45, 2.75) is 11.8 Å². The average Bonchev–Trinajstić information content (AvgIpc) is 2.40. The lowest BCUT2D eigenvalue weighted by Gasteiger charge is -2.10. The predicted molar refractivity (Wildman–Crippen MR) is 80.2 cm³/mol. The van der Waals surface area contributed by atoms with Crippen LogP contribution in [-0.2, 0) is 14.8 Å². The Kier molecular flexibility index (Phi) is 4.08. The van der Waals surface area contributed by atoms with Gasteiger partial charge in [-0.05, 0) is 36.4 Å². The maximum atomic E-state index is 12.2. The standard InChI is InChI=1S/C13H14N4O3S/c1-9(18)16-10-4-6-11(7-5-10)17-21(19,20)12-3-2-8-15-13(12)14/h2-8,17H,1H3,(H2,14,15)(H,16,18). The summed E-state index contributed by atoms with van der Waals surface area (Å²) in [5.74, 6) is -0.272. The van der Waals surface area contributed by atoms with Crippen molar-refractivity contribution in [2.24, 2.45) is 0 Å². The first-order valence-corrected chi connectivity index (χ1v) is 7.48. The molecule has 8 heteroatoms. The van der Waals surface area contributed by atoms with E-state index >= 15 is 0 Å². The van der Waals surface area contributed by atoms with Crippen LogP contribution in [0.5, 0.6) is 0 Å². The number of nitrogens with one attached hydrogen (secondary N) is 2. The van der Waals surface area contributed by atoms with Crippen LogP contribution in [0.2, 0.25) is 0 Å². The molecular weight excluding hydrogens is 292 g/mol. The van der Waals surface area contributed by atoms with Crippen molar-refractivity contribution in [1.82, 2.24) is 4.98 Å². The van der Waals surface area contributed by atoms with Gasteiger partial charge in [0.2, 0.25) is 5.91 Å². The molecule has 4 N–H and O–H groups in total. The van der Waals surface area contributed by atoms with E-state index < -0.39 is 10.0 Å². The van der Waals surface area contributed by atoms with Gasteiger partial charge in [-0.3, -0.25) is 9.52 Å². The van der Waals surface area contributed by atoms with Crippen LogP contribution in [0.25, 0.3) is 0 Å². The number of carbonyl (C=O) groups is 1. The van der Waals surface area contributed by atoms with Crippen LogP contribution in [0.3, 0.4) is 0 Å². The van der Waals surface area contributed by atoms with E-state index in [-0.39, 0.29) is 16.6 Å². The lowest BCUT2D eigenvalue weighted by molar-refractivity contribution is -0.114. The van der Waals surface area contributed by atoms with E-state index in [9.17, 15) is 13.2 Å². The zero-order valence-electron chi connectivity index (χ0n) is 11.2. The highest BCUT2D eigenvalue weighted by atomic mass is 32.2. The zero-order valence-corrected chi connectivity index (χ0v) is 12.0. The van der Waals surface area contributed by atoms with Crippen LogP contribution in [0.1, 0.15) is 6.92 Å². The van der Waals surface area contributed by atoms with Crippen LogP contribution >= 0.6 is 0 Å². The van der Waals surface area contributed by atoms with Gasteiger partial charge in [0, 0.05) is 24.5 Å². The van der Waals surface area contributed by atoms with Crippen molar-refractivity contribution in [3.63, 3.8) is 0 Å². The van der Waals surface area contributed by atoms with Crippen LogP contribution in [0.15, 0.2) is 47.5 Å². The Morgan fingerprint density at radius 2 is 1.76 bits per heavy atom. The topological polar surface area (TPSA) is 114 Å². The van der Waals surface area contributed by atoms with Crippen molar-refractivity contribution < 1.29 is 13.2 Å². The van der Waals surface area contributed by atoms with Gasteiger partial charge in [0.15, 0.2) is 0 Å². The Labute approximate surface area is 122 Å². The lowest BCUT2D eigenvalue weighted by Crippen LogP contribution is -2.15. The smallest absolute Gasteiger partial charge is 0.265 e. The minimum Gasteiger partial charge on any atom is -0.383 e. The third-order valence-corrected chi connectivity index (χ3v) is 3.98. The molecule has 0 fully saturated rings. The third-order valence-electron chi connectivity index (χ3n) is 2.55. The van der Waals surface area contributed by atoms with E-state index in [1.807, 2.05) is 0 Å². The van der Waals surface area contributed by atoms with E-state index in [2.05, 4.69) is 15.0 Å². The van der Waals surface area contributed by atoms with E-state index in [0.29, 0.717) is 11.4 Å². The first-order valence-electron chi connectivity index (χ1n) is 5.99. The fraction of sp³-hybridized carbons (Fsp3) is 0.0769. The monoisotopic (exact) mass is 306 g/mol. The molecule has 0 bridgehead atoms. The first-order chi connectivity index (χ1) is 9.88. The van der Waals surface area contributed by atoms with Crippen LogP contribution in [0.4, 0.5) is 17.2 Å². The largest absolute Gasteiger partial charge is 0.383 e. The molecule has 2 rings (SSSR count). The molecule has 2 aromatic rings. The number of aromatic nitrogens is 1. The summed E-state index contributed by atoms with van der Waals surface area (Å²) < 4.78 is 26.8. The summed E-state index contributed by atoms with van der Waals surface area (Å²) in [6.07, 6.45) is 1.41. The number of amides is 1. The molecule has 1 heterocycles. The van der Waals surface area contributed by atoms with Crippen molar-refractivity contribution in [1.29, 1.82) is 0 Å². The molecule has 0 aliphatic rings. The number of sulfonamides is 1. The number of benzene rings is 1. The highest BCUT2D eigenvalue weighted by Crippen LogP contribution is 2.20. The average molecular weight is 306 g/mol. The summed E-state index contributed by atoms with van der Waals surface area (Å²) in [4.78, 5) is 14.6. The number of hydrogen-bond acceptors (Lipinski definition) is 5. The Morgan fingerprint density at radius 3 is 2.33 bits per heavy atom. The quantitative estimate of drug-likeness (QED) is 0.790. The van der Waals surface area contributed by atoms with Gasteiger partial charge in [-0.25, -0.2) is 13.4 Å². The van der Waals surface area contributed by atoms with Crippen LogP contribution in [0, 0.1) is 0 Å². The second-order valence-corrected chi connectivity index (χ2v) is 5.90. The summed E-state index contributed by atoms with van der Waals surface area (Å²) >= 11 is 0. The maximum absolute atomic E-state index is 12.2. The molecule has 0 radical (unpaired) electrons. The van der Waals surface area contributed by atoms with Crippen LogP contribution < -0.4 is 15.8 Å². The van der Waals surface area contributed by atoms with Gasteiger partial charge in [-0.1, -0.05) is 0 Å². The number of nitrogens with two attached hydrogens (primary N) is 1. The Bertz CT molecular complexity index is 757. The van der Waals surface area contributed by atoms with E-state index in [1.165, 1.54) is 37.4 Å². The van der Waals surface area contributed by atoms with Gasteiger partial charge in [0.05, 0.1) is 0 Å². The fourth-order valence-electron chi connectivity index (χ4n) is 1.66. The number of pyridine rings is 1. The van der Waals surface area contributed by atoms with Crippen molar-refractivity contribution >= 4 is 33.1 Å².